The Kier molecular flexibility index (Phi) is 12.8. The monoisotopic (exact) mass is 728 g/mol. The number of amidine groups is 1. The largest absolute Gasteiger partial charge is 0.457 e. The molecule has 0 bridgehead atoms. The molecule has 1 fully saturated rings. The fourth-order valence-corrected chi connectivity index (χ4v) is 6.03. The number of carbonyl (C=O) groups is 4. The maximum atomic E-state index is 16.0. The lowest BCUT2D eigenvalue weighted by molar-refractivity contribution is -0.138. The zero-order valence-electron chi connectivity index (χ0n) is 28.7. The molecule has 1 aliphatic rings. The lowest BCUT2D eigenvalue weighted by Crippen LogP contribution is -2.49. The van der Waals surface area contributed by atoms with Gasteiger partial charge in [-0.2, -0.15) is 0 Å². The van der Waals surface area contributed by atoms with E-state index < -0.39 is 66.1 Å². The van der Waals surface area contributed by atoms with Gasteiger partial charge in [0.05, 0.1) is 32.3 Å². The molecule has 1 saturated heterocycles. The van der Waals surface area contributed by atoms with Crippen LogP contribution in [0.5, 0.6) is 11.5 Å². The van der Waals surface area contributed by atoms with Gasteiger partial charge in [0.15, 0.2) is 5.67 Å². The number of benzene rings is 2. The predicted octanol–water partition coefficient (Wildman–Crippen LogP) is 4.42. The molecule has 6 N–H and O–H groups in total. The molecule has 0 aliphatic carbocycles. The van der Waals surface area contributed by atoms with Crippen molar-refractivity contribution in [2.75, 3.05) is 32.8 Å². The van der Waals surface area contributed by atoms with E-state index in [1.807, 2.05) is 0 Å². The molecule has 0 radical (unpaired) electrons. The Balaban J connectivity index is 1.38. The van der Waals surface area contributed by atoms with Crippen molar-refractivity contribution in [3.05, 3.63) is 81.8 Å². The molecule has 2 heterocycles. The summed E-state index contributed by atoms with van der Waals surface area (Å²) in [7, 11) is 0. The molecule has 0 spiro atoms. The van der Waals surface area contributed by atoms with E-state index in [0.717, 1.165) is 4.90 Å². The van der Waals surface area contributed by atoms with Crippen LogP contribution in [0.2, 0.25) is 0 Å². The highest BCUT2D eigenvalue weighted by Crippen LogP contribution is 2.32. The van der Waals surface area contributed by atoms with Gasteiger partial charge in [-0.05, 0) is 82.3 Å². The fourth-order valence-electron chi connectivity index (χ4n) is 5.12. The minimum Gasteiger partial charge on any atom is -0.457 e. The second-order valence-corrected chi connectivity index (χ2v) is 13.9. The SMILES string of the molecule is C[C@@H](NC(=O)[C@@H]1C[C@](F)(COCCN)CN1C(=O)CNC(=O)c1ccc(Oc2ccc(F)cc2)cc1)c1cc(C(=N)NC(=O)OC(C)(C)C)cs1. The van der Waals surface area contributed by atoms with Gasteiger partial charge in [0.2, 0.25) is 11.8 Å². The Bertz CT molecular complexity index is 1710. The van der Waals surface area contributed by atoms with Crippen LogP contribution in [0.15, 0.2) is 60.0 Å². The normalized spacial score (nSPS) is 17.7. The summed E-state index contributed by atoms with van der Waals surface area (Å²) in [5, 5.41) is 17.6. The van der Waals surface area contributed by atoms with Crippen LogP contribution in [-0.4, -0.2) is 84.7 Å². The summed E-state index contributed by atoms with van der Waals surface area (Å²) in [6, 6.07) is 11.3. The first-order valence-corrected chi connectivity index (χ1v) is 17.0. The van der Waals surface area contributed by atoms with Crippen molar-refractivity contribution in [1.82, 2.24) is 20.9 Å². The molecule has 2 aromatic carbocycles. The van der Waals surface area contributed by atoms with Crippen molar-refractivity contribution in [2.24, 2.45) is 5.73 Å². The van der Waals surface area contributed by atoms with Crippen LogP contribution in [0.1, 0.15) is 61.0 Å². The van der Waals surface area contributed by atoms with Gasteiger partial charge in [-0.15, -0.1) is 11.3 Å². The summed E-state index contributed by atoms with van der Waals surface area (Å²) in [6.45, 7) is 5.74. The summed E-state index contributed by atoms with van der Waals surface area (Å²) in [5.74, 6) is -1.65. The van der Waals surface area contributed by atoms with Crippen LogP contribution < -0.4 is 26.4 Å². The van der Waals surface area contributed by atoms with Gasteiger partial charge in [0, 0.05) is 34.3 Å². The topological polar surface area (TPSA) is 185 Å². The van der Waals surface area contributed by atoms with Crippen molar-refractivity contribution in [3.8, 4) is 11.5 Å². The summed E-state index contributed by atoms with van der Waals surface area (Å²) < 4.78 is 45.3. The van der Waals surface area contributed by atoms with Gasteiger partial charge < -0.3 is 35.5 Å². The average molecular weight is 729 g/mol. The van der Waals surface area contributed by atoms with E-state index in [0.29, 0.717) is 21.9 Å². The van der Waals surface area contributed by atoms with Crippen molar-refractivity contribution < 1.29 is 42.2 Å². The van der Waals surface area contributed by atoms with E-state index >= 15 is 4.39 Å². The van der Waals surface area contributed by atoms with Gasteiger partial charge >= 0.3 is 6.09 Å². The molecule has 274 valence electrons. The van der Waals surface area contributed by atoms with Crippen molar-refractivity contribution in [1.29, 1.82) is 5.41 Å². The number of likely N-dealkylation sites (tertiary alicyclic amines) is 1. The molecule has 1 aliphatic heterocycles. The lowest BCUT2D eigenvalue weighted by Gasteiger charge is -2.25. The third kappa shape index (κ3) is 11.3. The fraction of sp³-hybridized carbons (Fsp3) is 0.400. The molecule has 13 nitrogen and oxygen atoms in total. The number of nitrogens with two attached hydrogens (primary N) is 1. The third-order valence-corrected chi connectivity index (χ3v) is 8.64. The van der Waals surface area contributed by atoms with Gasteiger partial charge in [0.25, 0.3) is 5.91 Å². The second kappa shape index (κ2) is 16.9. The van der Waals surface area contributed by atoms with Crippen LogP contribution in [0.25, 0.3) is 0 Å². The van der Waals surface area contributed by atoms with Gasteiger partial charge in [-0.3, -0.25) is 25.1 Å². The van der Waals surface area contributed by atoms with Crippen LogP contribution in [-0.2, 0) is 19.1 Å². The molecule has 1 aromatic heterocycles. The van der Waals surface area contributed by atoms with E-state index in [2.05, 4.69) is 16.0 Å². The minimum atomic E-state index is -2.04. The smallest absolute Gasteiger partial charge is 0.413 e. The molecule has 51 heavy (non-hydrogen) atoms. The molecule has 3 atom stereocenters. The maximum Gasteiger partial charge on any atom is 0.413 e. The number of amides is 4. The number of alkyl carbamates (subject to hydrolysis) is 1. The van der Waals surface area contributed by atoms with Gasteiger partial charge in [0.1, 0.15) is 34.8 Å². The molecule has 0 unspecified atom stereocenters. The highest BCUT2D eigenvalue weighted by atomic mass is 32.1. The number of rotatable bonds is 13. The molecular weight excluding hydrogens is 686 g/mol. The number of ether oxygens (including phenoxy) is 3. The van der Waals surface area contributed by atoms with E-state index in [1.54, 1.807) is 39.1 Å². The Morgan fingerprint density at radius 2 is 1.73 bits per heavy atom. The molecule has 4 amide bonds. The number of nitrogens with one attached hydrogen (secondary N) is 4. The van der Waals surface area contributed by atoms with Crippen molar-refractivity contribution in [2.45, 2.75) is 57.5 Å². The Morgan fingerprint density at radius 3 is 2.35 bits per heavy atom. The van der Waals surface area contributed by atoms with E-state index in [9.17, 15) is 23.6 Å². The quantitative estimate of drug-likeness (QED) is 0.0973. The van der Waals surface area contributed by atoms with Crippen molar-refractivity contribution in [3.63, 3.8) is 0 Å². The first-order valence-electron chi connectivity index (χ1n) is 16.1. The Morgan fingerprint density at radius 1 is 1.08 bits per heavy atom. The number of halogens is 2. The summed E-state index contributed by atoms with van der Waals surface area (Å²) in [4.78, 5) is 53.6. The molecular formula is C35H42F2N6O7S. The highest BCUT2D eigenvalue weighted by molar-refractivity contribution is 7.10. The van der Waals surface area contributed by atoms with E-state index in [4.69, 9.17) is 25.4 Å². The van der Waals surface area contributed by atoms with Crippen LogP contribution >= 0.6 is 11.3 Å². The zero-order valence-corrected chi connectivity index (χ0v) is 29.5. The van der Waals surface area contributed by atoms with Crippen LogP contribution in [0.3, 0.4) is 0 Å². The van der Waals surface area contributed by atoms with E-state index in [-0.39, 0.29) is 37.6 Å². The van der Waals surface area contributed by atoms with Crippen molar-refractivity contribution >= 4 is 41.0 Å². The number of hydrogen-bond acceptors (Lipinski definition) is 10. The van der Waals surface area contributed by atoms with Crippen LogP contribution in [0, 0.1) is 11.2 Å². The minimum absolute atomic E-state index is 0.0931. The molecule has 3 aromatic rings. The first-order chi connectivity index (χ1) is 24.1. The predicted molar refractivity (Wildman–Crippen MR) is 186 cm³/mol. The summed E-state index contributed by atoms with van der Waals surface area (Å²) in [5.41, 5.74) is 3.30. The number of alkyl halides is 1. The maximum absolute atomic E-state index is 16.0. The summed E-state index contributed by atoms with van der Waals surface area (Å²) in [6.07, 6.45) is -1.12. The van der Waals surface area contributed by atoms with Gasteiger partial charge in [-0.1, -0.05) is 0 Å². The first kappa shape index (κ1) is 38.9. The highest BCUT2D eigenvalue weighted by Gasteiger charge is 2.49. The Hall–Kier alpha value is -4.93. The number of hydrogen-bond donors (Lipinski definition) is 5. The standard InChI is InChI=1S/C35H42F2N6O7S/c1-21(28-15-23(18-51-28)30(39)42-33(47)50-34(2,3)4)41-32(46)27-16-35(37,20-48-14-13-38)19-43(27)29(44)17-40-31(45)22-5-9-25(10-6-22)49-26-11-7-24(36)8-12-26/h5-12,15,18,21,27H,13-14,16-17,19-20,38H2,1-4H3,(H,40,45)(H,41,46)(H2,39,42,47)/t21-,27+,35-/m1/s1. The zero-order chi connectivity index (χ0) is 37.3. The second-order valence-electron chi connectivity index (χ2n) is 13.0. The average Bonchev–Trinajstić information content (AvgIpc) is 3.70. The molecule has 16 heteroatoms. The lowest BCUT2D eigenvalue weighted by atomic mass is 10.0. The molecule has 4 rings (SSSR count). The third-order valence-electron chi connectivity index (χ3n) is 7.52. The number of nitrogens with zero attached hydrogens (tertiary/aromatic N) is 1. The molecule has 0 saturated carbocycles. The number of carbonyl (C=O) groups excluding carboxylic acids is 4. The van der Waals surface area contributed by atoms with Crippen LogP contribution in [0.4, 0.5) is 13.6 Å². The summed E-state index contributed by atoms with van der Waals surface area (Å²) >= 11 is 1.24. The Labute approximate surface area is 298 Å². The number of thiophene rings is 1. The van der Waals surface area contributed by atoms with E-state index in [1.165, 1.54) is 59.9 Å². The van der Waals surface area contributed by atoms with Gasteiger partial charge in [-0.25, -0.2) is 13.6 Å².